The van der Waals surface area contributed by atoms with Crippen molar-refractivity contribution >= 4 is 23.5 Å². The molecular weight excluding hydrogens is 401 g/mol. The highest BCUT2D eigenvalue weighted by molar-refractivity contribution is 7.98. The lowest BCUT2D eigenvalue weighted by Crippen LogP contribution is -2.41. The Morgan fingerprint density at radius 3 is 2.33 bits per heavy atom. The van der Waals surface area contributed by atoms with Crippen molar-refractivity contribution < 1.29 is 14.0 Å². The van der Waals surface area contributed by atoms with Gasteiger partial charge in [0.2, 0.25) is 0 Å². The standard InChI is InChI=1S/C23H22FN3O2S/c1-30-23-25-15-20(27(23)19-9-7-18(24)8-10-19)22(29)26-13-11-17(12-14-26)21(28)16-5-3-2-4-6-16/h2-10,15,17H,11-14H2,1H3. The van der Waals surface area contributed by atoms with E-state index >= 15 is 0 Å². The van der Waals surface area contributed by atoms with E-state index in [0.29, 0.717) is 42.5 Å². The van der Waals surface area contributed by atoms with E-state index in [9.17, 15) is 14.0 Å². The highest BCUT2D eigenvalue weighted by Gasteiger charge is 2.30. The van der Waals surface area contributed by atoms with Crippen molar-refractivity contribution in [2.24, 2.45) is 5.92 Å². The van der Waals surface area contributed by atoms with E-state index in [0.717, 1.165) is 5.56 Å². The van der Waals surface area contributed by atoms with E-state index in [1.54, 1.807) is 27.8 Å². The minimum atomic E-state index is -0.331. The number of Topliss-reactive ketones (excluding diaryl/α,β-unsaturated/α-hetero) is 1. The number of piperidine rings is 1. The molecule has 30 heavy (non-hydrogen) atoms. The van der Waals surface area contributed by atoms with E-state index in [2.05, 4.69) is 4.98 Å². The summed E-state index contributed by atoms with van der Waals surface area (Å²) >= 11 is 1.42. The molecular formula is C23H22FN3O2S. The number of aromatic nitrogens is 2. The molecule has 0 saturated carbocycles. The topological polar surface area (TPSA) is 55.2 Å². The van der Waals surface area contributed by atoms with Crippen molar-refractivity contribution in [1.82, 2.24) is 14.5 Å². The molecule has 1 fully saturated rings. The number of ketones is 1. The Labute approximate surface area is 178 Å². The molecule has 0 unspecified atom stereocenters. The monoisotopic (exact) mass is 423 g/mol. The summed E-state index contributed by atoms with van der Waals surface area (Å²) in [7, 11) is 0. The highest BCUT2D eigenvalue weighted by Crippen LogP contribution is 2.26. The van der Waals surface area contributed by atoms with Crippen LogP contribution in [-0.2, 0) is 0 Å². The van der Waals surface area contributed by atoms with Gasteiger partial charge in [-0.2, -0.15) is 0 Å². The Hall–Kier alpha value is -2.93. The summed E-state index contributed by atoms with van der Waals surface area (Å²) in [6.45, 7) is 1.04. The third-order valence-electron chi connectivity index (χ3n) is 5.43. The van der Waals surface area contributed by atoms with E-state index in [-0.39, 0.29) is 23.4 Å². The molecule has 4 rings (SSSR count). The Bertz CT molecular complexity index is 1040. The summed E-state index contributed by atoms with van der Waals surface area (Å²) < 4.78 is 15.1. The SMILES string of the molecule is CSc1ncc(C(=O)N2CCC(C(=O)c3ccccc3)CC2)n1-c1ccc(F)cc1. The van der Waals surface area contributed by atoms with Gasteiger partial charge in [-0.3, -0.25) is 14.2 Å². The van der Waals surface area contributed by atoms with Crippen molar-refractivity contribution in [1.29, 1.82) is 0 Å². The number of hydrogen-bond acceptors (Lipinski definition) is 4. The lowest BCUT2D eigenvalue weighted by atomic mass is 9.89. The first-order chi connectivity index (χ1) is 14.6. The third kappa shape index (κ3) is 4.03. The predicted molar refractivity (Wildman–Crippen MR) is 115 cm³/mol. The minimum Gasteiger partial charge on any atom is -0.337 e. The zero-order valence-electron chi connectivity index (χ0n) is 16.6. The highest BCUT2D eigenvalue weighted by atomic mass is 32.2. The Morgan fingerprint density at radius 2 is 1.70 bits per heavy atom. The van der Waals surface area contributed by atoms with Crippen LogP contribution in [0.1, 0.15) is 33.7 Å². The summed E-state index contributed by atoms with van der Waals surface area (Å²) in [5.74, 6) is -0.385. The fraction of sp³-hybridized carbons (Fsp3) is 0.261. The normalized spacial score (nSPS) is 14.7. The van der Waals surface area contributed by atoms with Gasteiger partial charge >= 0.3 is 0 Å². The summed E-state index contributed by atoms with van der Waals surface area (Å²) in [5.41, 5.74) is 1.86. The van der Waals surface area contributed by atoms with Gasteiger partial charge in [0.05, 0.1) is 6.20 Å². The van der Waals surface area contributed by atoms with Gasteiger partial charge in [0.15, 0.2) is 10.9 Å². The quantitative estimate of drug-likeness (QED) is 0.449. The number of imidazole rings is 1. The molecule has 0 aliphatic carbocycles. The van der Waals surface area contributed by atoms with E-state index < -0.39 is 0 Å². The number of rotatable bonds is 5. The van der Waals surface area contributed by atoms with Gasteiger partial charge in [-0.15, -0.1) is 0 Å². The minimum absolute atomic E-state index is 0.0692. The van der Waals surface area contributed by atoms with Crippen LogP contribution < -0.4 is 0 Å². The smallest absolute Gasteiger partial charge is 0.272 e. The van der Waals surface area contributed by atoms with Crippen LogP contribution in [0.5, 0.6) is 0 Å². The molecule has 1 aliphatic rings. The maximum absolute atomic E-state index is 13.4. The average molecular weight is 424 g/mol. The molecule has 3 aromatic rings. The Balaban J connectivity index is 1.50. The van der Waals surface area contributed by atoms with E-state index in [1.807, 2.05) is 36.6 Å². The molecule has 7 heteroatoms. The molecule has 0 bridgehead atoms. The number of thioether (sulfide) groups is 1. The summed E-state index contributed by atoms with van der Waals surface area (Å²) in [5, 5.41) is 0.666. The third-order valence-corrected chi connectivity index (χ3v) is 6.08. The largest absolute Gasteiger partial charge is 0.337 e. The van der Waals surface area contributed by atoms with E-state index in [4.69, 9.17) is 0 Å². The number of hydrogen-bond donors (Lipinski definition) is 0. The molecule has 1 saturated heterocycles. The molecule has 154 valence electrons. The Morgan fingerprint density at radius 1 is 1.03 bits per heavy atom. The molecule has 2 heterocycles. The van der Waals surface area contributed by atoms with Crippen molar-refractivity contribution in [2.75, 3.05) is 19.3 Å². The zero-order chi connectivity index (χ0) is 21.1. The molecule has 2 aromatic carbocycles. The number of likely N-dealkylation sites (tertiary alicyclic amines) is 1. The predicted octanol–water partition coefficient (Wildman–Crippen LogP) is 4.47. The maximum Gasteiger partial charge on any atom is 0.272 e. The first-order valence-electron chi connectivity index (χ1n) is 9.84. The molecule has 0 spiro atoms. The van der Waals surface area contributed by atoms with Crippen LogP contribution >= 0.6 is 11.8 Å². The zero-order valence-corrected chi connectivity index (χ0v) is 17.4. The first kappa shape index (κ1) is 20.3. The lowest BCUT2D eigenvalue weighted by molar-refractivity contribution is 0.0643. The summed E-state index contributed by atoms with van der Waals surface area (Å²) in [4.78, 5) is 32.1. The number of halogens is 1. The van der Waals surface area contributed by atoms with Gasteiger partial charge in [-0.25, -0.2) is 9.37 Å². The van der Waals surface area contributed by atoms with Gasteiger partial charge in [0, 0.05) is 30.3 Å². The number of nitrogens with zero attached hydrogens (tertiary/aromatic N) is 3. The van der Waals surface area contributed by atoms with Crippen LogP contribution in [0.15, 0.2) is 66.0 Å². The second-order valence-corrected chi connectivity index (χ2v) is 8.01. The van der Waals surface area contributed by atoms with Crippen LogP contribution in [-0.4, -0.2) is 45.5 Å². The molecule has 1 aromatic heterocycles. The molecule has 0 N–H and O–H groups in total. The number of carbonyl (C=O) groups is 2. The fourth-order valence-electron chi connectivity index (χ4n) is 3.81. The molecule has 1 amide bonds. The second kappa shape index (κ2) is 8.83. The average Bonchev–Trinajstić information content (AvgIpc) is 3.23. The van der Waals surface area contributed by atoms with Gasteiger partial charge in [-0.05, 0) is 43.4 Å². The molecule has 5 nitrogen and oxygen atoms in total. The van der Waals surface area contributed by atoms with E-state index in [1.165, 1.54) is 23.9 Å². The maximum atomic E-state index is 13.4. The Kier molecular flexibility index (Phi) is 5.99. The number of carbonyl (C=O) groups excluding carboxylic acids is 2. The molecule has 1 aliphatic heterocycles. The number of benzene rings is 2. The van der Waals surface area contributed by atoms with Crippen LogP contribution in [0.2, 0.25) is 0 Å². The molecule has 0 radical (unpaired) electrons. The van der Waals surface area contributed by atoms with Crippen molar-refractivity contribution in [2.45, 2.75) is 18.0 Å². The summed E-state index contributed by atoms with van der Waals surface area (Å²) in [6, 6.07) is 15.3. The summed E-state index contributed by atoms with van der Waals surface area (Å²) in [6.07, 6.45) is 4.73. The van der Waals surface area contributed by atoms with Crippen molar-refractivity contribution in [3.8, 4) is 5.69 Å². The lowest BCUT2D eigenvalue weighted by Gasteiger charge is -2.31. The first-order valence-corrected chi connectivity index (χ1v) is 11.1. The van der Waals surface area contributed by atoms with Crippen molar-refractivity contribution in [3.63, 3.8) is 0 Å². The number of amides is 1. The fourth-order valence-corrected chi connectivity index (χ4v) is 4.36. The van der Waals surface area contributed by atoms with Gasteiger partial charge in [0.25, 0.3) is 5.91 Å². The van der Waals surface area contributed by atoms with Crippen LogP contribution in [0, 0.1) is 11.7 Å². The van der Waals surface area contributed by atoms with Gasteiger partial charge in [0.1, 0.15) is 11.5 Å². The van der Waals surface area contributed by atoms with Crippen molar-refractivity contribution in [3.05, 3.63) is 77.9 Å². The second-order valence-electron chi connectivity index (χ2n) is 7.24. The van der Waals surface area contributed by atoms with Crippen LogP contribution in [0.3, 0.4) is 0 Å². The van der Waals surface area contributed by atoms with Gasteiger partial charge < -0.3 is 4.90 Å². The van der Waals surface area contributed by atoms with Crippen LogP contribution in [0.25, 0.3) is 5.69 Å². The van der Waals surface area contributed by atoms with Gasteiger partial charge in [-0.1, -0.05) is 42.1 Å². The van der Waals surface area contributed by atoms with Crippen LogP contribution in [0.4, 0.5) is 4.39 Å². The molecule has 0 atom stereocenters.